The molecule has 2 aliphatic heterocycles. The van der Waals surface area contributed by atoms with Crippen molar-refractivity contribution in [3.05, 3.63) is 71.8 Å². The first-order valence-corrected chi connectivity index (χ1v) is 9.39. The number of hydrogen-bond acceptors (Lipinski definition) is 3. The molecule has 1 saturated heterocycles. The van der Waals surface area contributed by atoms with E-state index in [2.05, 4.69) is 41.6 Å². The zero-order valence-electron chi connectivity index (χ0n) is 14.9. The molecule has 4 nitrogen and oxygen atoms in total. The third-order valence-corrected chi connectivity index (χ3v) is 5.26. The third-order valence-electron chi connectivity index (χ3n) is 5.26. The molecule has 4 heteroatoms. The fourth-order valence-corrected chi connectivity index (χ4v) is 3.87. The summed E-state index contributed by atoms with van der Waals surface area (Å²) >= 11 is 0. The van der Waals surface area contributed by atoms with E-state index in [1.165, 1.54) is 11.1 Å². The second kappa shape index (κ2) is 7.73. The van der Waals surface area contributed by atoms with Gasteiger partial charge in [-0.3, -0.25) is 4.79 Å². The van der Waals surface area contributed by atoms with Crippen LogP contribution in [0.25, 0.3) is 0 Å². The van der Waals surface area contributed by atoms with E-state index in [0.717, 1.165) is 38.1 Å². The van der Waals surface area contributed by atoms with Gasteiger partial charge < -0.3 is 9.74 Å². The topological polar surface area (TPSA) is 41.9 Å². The Kier molecular flexibility index (Phi) is 5.00. The molecule has 0 radical (unpaired) electrons. The van der Waals surface area contributed by atoms with Gasteiger partial charge in [0.15, 0.2) is 0 Å². The number of amides is 1. The Morgan fingerprint density at radius 1 is 1.08 bits per heavy atom. The highest BCUT2D eigenvalue weighted by Crippen LogP contribution is 2.28. The van der Waals surface area contributed by atoms with E-state index in [1.54, 1.807) is 0 Å². The number of rotatable bonds is 4. The minimum absolute atomic E-state index is 0.0810. The molecule has 0 bridgehead atoms. The van der Waals surface area contributed by atoms with Crippen LogP contribution in [-0.4, -0.2) is 35.7 Å². The summed E-state index contributed by atoms with van der Waals surface area (Å²) < 4.78 is 0. The van der Waals surface area contributed by atoms with E-state index in [-0.39, 0.29) is 5.91 Å². The summed E-state index contributed by atoms with van der Waals surface area (Å²) in [6.45, 7) is 1.59. The lowest BCUT2D eigenvalue weighted by Crippen LogP contribution is -2.44. The predicted octanol–water partition coefficient (Wildman–Crippen LogP) is 3.78. The summed E-state index contributed by atoms with van der Waals surface area (Å²) in [6, 6.07) is 20.7. The molecule has 26 heavy (non-hydrogen) atoms. The summed E-state index contributed by atoms with van der Waals surface area (Å²) in [5.41, 5.74) is 3.47. The van der Waals surface area contributed by atoms with Gasteiger partial charge in [0.25, 0.3) is 5.91 Å². The molecule has 2 unspecified atom stereocenters. The fraction of sp³-hybridized carbons (Fsp3) is 0.364. The van der Waals surface area contributed by atoms with Crippen LogP contribution < -0.4 is 0 Å². The van der Waals surface area contributed by atoms with Crippen LogP contribution in [0.15, 0.2) is 65.8 Å². The van der Waals surface area contributed by atoms with Gasteiger partial charge in [0.1, 0.15) is 0 Å². The van der Waals surface area contributed by atoms with Crippen molar-refractivity contribution in [1.82, 2.24) is 4.90 Å². The summed E-state index contributed by atoms with van der Waals surface area (Å²) in [4.78, 5) is 20.4. The number of carbonyl (C=O) groups excluding carboxylic acids is 1. The van der Waals surface area contributed by atoms with Gasteiger partial charge in [-0.05, 0) is 24.0 Å². The summed E-state index contributed by atoms with van der Waals surface area (Å²) in [5, 5.41) is 4.17. The molecule has 2 aliphatic rings. The van der Waals surface area contributed by atoms with Crippen LogP contribution in [0.5, 0.6) is 0 Å². The van der Waals surface area contributed by atoms with E-state index >= 15 is 0 Å². The molecule has 0 aliphatic carbocycles. The highest BCUT2D eigenvalue weighted by molar-refractivity contribution is 5.94. The van der Waals surface area contributed by atoms with E-state index in [1.807, 2.05) is 29.2 Å². The highest BCUT2D eigenvalue weighted by Gasteiger charge is 2.34. The molecular weight excluding hydrogens is 324 g/mol. The summed E-state index contributed by atoms with van der Waals surface area (Å²) in [5.74, 6) is 0.498. The van der Waals surface area contributed by atoms with Crippen LogP contribution in [0.3, 0.4) is 0 Å². The van der Waals surface area contributed by atoms with E-state index in [4.69, 9.17) is 4.84 Å². The molecule has 2 aromatic rings. The third kappa shape index (κ3) is 3.79. The van der Waals surface area contributed by atoms with Crippen LogP contribution in [0.1, 0.15) is 36.3 Å². The number of piperidine rings is 1. The minimum atomic E-state index is -0.455. The van der Waals surface area contributed by atoms with Gasteiger partial charge >= 0.3 is 0 Å². The second-order valence-corrected chi connectivity index (χ2v) is 7.15. The number of oxime groups is 1. The van der Waals surface area contributed by atoms with Gasteiger partial charge in [-0.2, -0.15) is 0 Å². The number of likely N-dealkylation sites (tertiary alicyclic amines) is 1. The molecular formula is C22H24N2O2. The highest BCUT2D eigenvalue weighted by atomic mass is 16.6. The average Bonchev–Trinajstić information content (AvgIpc) is 3.17. The summed E-state index contributed by atoms with van der Waals surface area (Å²) in [6.07, 6.45) is 3.06. The predicted molar refractivity (Wildman–Crippen MR) is 102 cm³/mol. The van der Waals surface area contributed by atoms with Crippen molar-refractivity contribution in [2.45, 2.75) is 37.7 Å². The van der Waals surface area contributed by atoms with Crippen molar-refractivity contribution in [3.63, 3.8) is 0 Å². The van der Waals surface area contributed by atoms with Gasteiger partial charge in [0, 0.05) is 31.8 Å². The van der Waals surface area contributed by atoms with Crippen molar-refractivity contribution in [1.29, 1.82) is 0 Å². The second-order valence-electron chi connectivity index (χ2n) is 7.15. The van der Waals surface area contributed by atoms with Gasteiger partial charge in [-0.25, -0.2) is 0 Å². The molecule has 4 rings (SSSR count). The molecule has 2 atom stereocenters. The number of benzene rings is 2. The first-order valence-electron chi connectivity index (χ1n) is 9.39. The lowest BCUT2D eigenvalue weighted by atomic mass is 9.90. The molecule has 0 spiro atoms. The van der Waals surface area contributed by atoms with Crippen molar-refractivity contribution in [3.8, 4) is 0 Å². The molecule has 0 aromatic heterocycles. The molecule has 1 fully saturated rings. The van der Waals surface area contributed by atoms with Crippen molar-refractivity contribution in [2.75, 3.05) is 13.1 Å². The zero-order chi connectivity index (χ0) is 17.8. The van der Waals surface area contributed by atoms with Crippen LogP contribution in [0.2, 0.25) is 0 Å². The number of carbonyl (C=O) groups is 1. The fourth-order valence-electron chi connectivity index (χ4n) is 3.87. The lowest BCUT2D eigenvalue weighted by Gasteiger charge is -2.34. The monoisotopic (exact) mass is 348 g/mol. The quantitative estimate of drug-likeness (QED) is 0.844. The van der Waals surface area contributed by atoms with Crippen molar-refractivity contribution in [2.24, 2.45) is 5.16 Å². The minimum Gasteiger partial charge on any atom is -0.382 e. The molecule has 1 amide bonds. The standard InChI is InChI=1S/C22H24N2O2/c25-22(21-15-20(23-26-21)14-17-8-3-1-4-9-17)24-13-7-12-19(16-24)18-10-5-2-6-11-18/h1-6,8-11,19,21H,7,12-16H2. The Morgan fingerprint density at radius 2 is 1.81 bits per heavy atom. The largest absolute Gasteiger partial charge is 0.382 e. The zero-order valence-corrected chi connectivity index (χ0v) is 14.9. The Labute approximate surface area is 154 Å². The van der Waals surface area contributed by atoms with Gasteiger partial charge in [-0.1, -0.05) is 65.8 Å². The number of nitrogens with zero attached hydrogens (tertiary/aromatic N) is 2. The average molecular weight is 348 g/mol. The van der Waals surface area contributed by atoms with Crippen LogP contribution in [-0.2, 0) is 16.1 Å². The summed E-state index contributed by atoms with van der Waals surface area (Å²) in [7, 11) is 0. The Balaban J connectivity index is 1.35. The SMILES string of the molecule is O=C(C1CC(Cc2ccccc2)=NO1)N1CCCC(c2ccccc2)C1. The maximum absolute atomic E-state index is 12.9. The molecule has 2 heterocycles. The normalized spacial score (nSPS) is 22.6. The van der Waals surface area contributed by atoms with Gasteiger partial charge in [0.05, 0.1) is 5.71 Å². The first-order chi connectivity index (χ1) is 12.8. The van der Waals surface area contributed by atoms with Gasteiger partial charge in [0.2, 0.25) is 6.10 Å². The maximum atomic E-state index is 12.9. The Bertz CT molecular complexity index is 773. The van der Waals surface area contributed by atoms with Crippen molar-refractivity contribution < 1.29 is 9.63 Å². The van der Waals surface area contributed by atoms with E-state index in [9.17, 15) is 4.79 Å². The molecule has 134 valence electrons. The molecule has 0 saturated carbocycles. The maximum Gasteiger partial charge on any atom is 0.266 e. The first kappa shape index (κ1) is 16.8. The smallest absolute Gasteiger partial charge is 0.266 e. The van der Waals surface area contributed by atoms with Crippen LogP contribution in [0, 0.1) is 0 Å². The van der Waals surface area contributed by atoms with Crippen molar-refractivity contribution >= 4 is 11.6 Å². The van der Waals surface area contributed by atoms with Gasteiger partial charge in [-0.15, -0.1) is 0 Å². The van der Waals surface area contributed by atoms with Crippen LogP contribution in [0.4, 0.5) is 0 Å². The van der Waals surface area contributed by atoms with Crippen LogP contribution >= 0.6 is 0 Å². The van der Waals surface area contributed by atoms with E-state index < -0.39 is 6.10 Å². The molecule has 2 aromatic carbocycles. The number of hydrogen-bond donors (Lipinski definition) is 0. The Morgan fingerprint density at radius 3 is 2.58 bits per heavy atom. The molecule has 0 N–H and O–H groups in total. The van der Waals surface area contributed by atoms with E-state index in [0.29, 0.717) is 12.3 Å². The Hall–Kier alpha value is -2.62. The lowest BCUT2D eigenvalue weighted by molar-refractivity contribution is -0.143.